The molecule has 0 spiro atoms. The third-order valence-electron chi connectivity index (χ3n) is 5.49. The third-order valence-corrected chi connectivity index (χ3v) is 5.49. The first-order chi connectivity index (χ1) is 16.7. The number of hydrogen-bond donors (Lipinski definition) is 1. The summed E-state index contributed by atoms with van der Waals surface area (Å²) in [6, 6.07) is 20.0. The number of nitrogens with one attached hydrogen (secondary N) is 1. The van der Waals surface area contributed by atoms with Crippen LogP contribution < -0.4 is 15.1 Å². The molecule has 6 amide bonds. The van der Waals surface area contributed by atoms with E-state index in [0.29, 0.717) is 11.4 Å². The quantitative estimate of drug-likeness (QED) is 0.577. The van der Waals surface area contributed by atoms with Gasteiger partial charge in [-0.05, 0) is 36.4 Å². The van der Waals surface area contributed by atoms with Crippen molar-refractivity contribution in [1.29, 1.82) is 0 Å². The van der Waals surface area contributed by atoms with Crippen LogP contribution in [0.2, 0.25) is 0 Å². The van der Waals surface area contributed by atoms with E-state index >= 15 is 0 Å². The highest BCUT2D eigenvalue weighted by Crippen LogP contribution is 2.41. The average molecular weight is 472 g/mol. The summed E-state index contributed by atoms with van der Waals surface area (Å²) in [7, 11) is 6.45. The van der Waals surface area contributed by atoms with E-state index in [1.807, 2.05) is 12.1 Å². The number of hydrogen-bond acceptors (Lipinski definition) is 4. The Labute approximate surface area is 203 Å². The lowest BCUT2D eigenvalue weighted by Gasteiger charge is -2.33. The molecule has 0 saturated carbocycles. The normalized spacial score (nSPS) is 12.0. The maximum Gasteiger partial charge on any atom is 0.328 e. The van der Waals surface area contributed by atoms with E-state index in [4.69, 9.17) is 0 Å². The van der Waals surface area contributed by atoms with Gasteiger partial charge >= 0.3 is 12.1 Å². The molecule has 178 valence electrons. The first-order valence-electron chi connectivity index (χ1n) is 10.9. The summed E-state index contributed by atoms with van der Waals surface area (Å²) in [6.07, 6.45) is 0. The van der Waals surface area contributed by atoms with E-state index in [1.165, 1.54) is 31.7 Å². The molecule has 3 aromatic carbocycles. The van der Waals surface area contributed by atoms with Gasteiger partial charge in [0.25, 0.3) is 11.8 Å². The van der Waals surface area contributed by atoms with E-state index < -0.39 is 23.9 Å². The van der Waals surface area contributed by atoms with Gasteiger partial charge in [-0.25, -0.2) is 9.59 Å². The highest BCUT2D eigenvalue weighted by atomic mass is 16.2. The molecule has 1 aliphatic heterocycles. The van der Waals surface area contributed by atoms with Crippen LogP contribution in [0.3, 0.4) is 0 Å². The first-order valence-corrected chi connectivity index (χ1v) is 10.9. The summed E-state index contributed by atoms with van der Waals surface area (Å²) in [5.74, 6) is -1.12. The van der Waals surface area contributed by atoms with Crippen LogP contribution in [0.1, 0.15) is 20.7 Å². The molecule has 1 aliphatic rings. The van der Waals surface area contributed by atoms with Crippen molar-refractivity contribution < 1.29 is 19.2 Å². The van der Waals surface area contributed by atoms with Crippen molar-refractivity contribution in [2.75, 3.05) is 38.0 Å². The van der Waals surface area contributed by atoms with Crippen molar-refractivity contribution in [1.82, 2.24) is 15.1 Å². The van der Waals surface area contributed by atoms with Gasteiger partial charge in [-0.2, -0.15) is 0 Å². The number of urea groups is 2. The Morgan fingerprint density at radius 1 is 0.600 bits per heavy atom. The lowest BCUT2D eigenvalue weighted by molar-refractivity contribution is 0.0879. The number of fused-ring (bicyclic) bond motifs is 1. The molecule has 1 N–H and O–H groups in total. The Bertz CT molecular complexity index is 1210. The van der Waals surface area contributed by atoms with E-state index in [-0.39, 0.29) is 22.5 Å². The van der Waals surface area contributed by atoms with Crippen molar-refractivity contribution in [2.24, 2.45) is 0 Å². The summed E-state index contributed by atoms with van der Waals surface area (Å²) >= 11 is 0. The SMILES string of the molecule is CN(C)C(=O)N(c1ccccc1)c1cc2c(cc1N(C(=O)N(C)C)c1ccccc1)C(=O)NC2=O. The molecule has 0 aromatic heterocycles. The van der Waals surface area contributed by atoms with Crippen LogP contribution in [0, 0.1) is 0 Å². The Balaban J connectivity index is 2.07. The predicted octanol–water partition coefficient (Wildman–Crippen LogP) is 4.21. The van der Waals surface area contributed by atoms with Crippen LogP contribution in [0.15, 0.2) is 72.8 Å². The van der Waals surface area contributed by atoms with Crippen molar-refractivity contribution in [3.63, 3.8) is 0 Å². The van der Waals surface area contributed by atoms with Gasteiger partial charge in [0.2, 0.25) is 0 Å². The first kappa shape index (κ1) is 23.5. The summed E-state index contributed by atoms with van der Waals surface area (Å²) in [6.45, 7) is 0. The Morgan fingerprint density at radius 3 is 1.26 bits per heavy atom. The lowest BCUT2D eigenvalue weighted by atomic mass is 10.0. The number of anilines is 4. The Hall–Kier alpha value is -4.66. The van der Waals surface area contributed by atoms with Gasteiger partial charge in [0.05, 0.1) is 33.9 Å². The van der Waals surface area contributed by atoms with E-state index in [2.05, 4.69) is 5.32 Å². The van der Waals surface area contributed by atoms with Gasteiger partial charge in [-0.3, -0.25) is 24.7 Å². The number of nitrogens with zero attached hydrogens (tertiary/aromatic N) is 4. The molecule has 0 fully saturated rings. The molecule has 0 unspecified atom stereocenters. The van der Waals surface area contributed by atoms with Gasteiger partial charge in [0, 0.05) is 28.2 Å². The Morgan fingerprint density at radius 2 is 0.943 bits per heavy atom. The zero-order chi connectivity index (χ0) is 25.3. The number of carbonyl (C=O) groups is 4. The number of carbonyl (C=O) groups excluding carboxylic acids is 4. The molecular weight excluding hydrogens is 446 g/mol. The van der Waals surface area contributed by atoms with Crippen LogP contribution in [-0.2, 0) is 0 Å². The van der Waals surface area contributed by atoms with Gasteiger partial charge in [0.1, 0.15) is 0 Å². The van der Waals surface area contributed by atoms with E-state index in [0.717, 1.165) is 0 Å². The molecule has 0 saturated heterocycles. The number of para-hydroxylation sites is 2. The van der Waals surface area contributed by atoms with Crippen LogP contribution in [0.5, 0.6) is 0 Å². The predicted molar refractivity (Wildman–Crippen MR) is 134 cm³/mol. The molecule has 0 bridgehead atoms. The maximum atomic E-state index is 13.5. The smallest absolute Gasteiger partial charge is 0.328 e. The molecule has 4 rings (SSSR count). The number of benzene rings is 3. The molecule has 9 heteroatoms. The summed E-state index contributed by atoms with van der Waals surface area (Å²) in [5, 5.41) is 2.29. The fourth-order valence-electron chi connectivity index (χ4n) is 3.81. The van der Waals surface area contributed by atoms with Crippen LogP contribution in [0.4, 0.5) is 32.3 Å². The third kappa shape index (κ3) is 4.31. The molecule has 9 nitrogen and oxygen atoms in total. The lowest BCUT2D eigenvalue weighted by Crippen LogP contribution is -2.39. The van der Waals surface area contributed by atoms with Gasteiger partial charge in [-0.1, -0.05) is 36.4 Å². The molecule has 35 heavy (non-hydrogen) atoms. The molecule has 0 aliphatic carbocycles. The van der Waals surface area contributed by atoms with Gasteiger partial charge in [0.15, 0.2) is 0 Å². The zero-order valence-electron chi connectivity index (χ0n) is 19.9. The van der Waals surface area contributed by atoms with Gasteiger partial charge < -0.3 is 9.80 Å². The van der Waals surface area contributed by atoms with Crippen LogP contribution >= 0.6 is 0 Å². The zero-order valence-corrected chi connectivity index (χ0v) is 19.9. The van der Waals surface area contributed by atoms with Crippen molar-refractivity contribution in [2.45, 2.75) is 0 Å². The standard InChI is InChI=1S/C26H25N5O4/c1-28(2)25(34)30(17-11-7-5-8-12-17)21-15-19-20(24(33)27-23(19)32)16-22(21)31(26(35)29(3)4)18-13-9-6-10-14-18/h5-16H,1-4H3,(H,27,32,33). The summed E-state index contributed by atoms with van der Waals surface area (Å²) in [4.78, 5) is 57.7. The second kappa shape index (κ2) is 9.30. The second-order valence-corrected chi connectivity index (χ2v) is 8.37. The van der Waals surface area contributed by atoms with E-state index in [9.17, 15) is 19.2 Å². The molecule has 0 atom stereocenters. The van der Waals surface area contributed by atoms with Crippen molar-refractivity contribution in [3.05, 3.63) is 83.9 Å². The minimum Gasteiger partial charge on any atom is -0.330 e. The molecule has 3 aromatic rings. The van der Waals surface area contributed by atoms with E-state index in [1.54, 1.807) is 76.7 Å². The minimum absolute atomic E-state index is 0.131. The fourth-order valence-corrected chi connectivity index (χ4v) is 3.81. The fraction of sp³-hybridized carbons (Fsp3) is 0.154. The number of amides is 6. The monoisotopic (exact) mass is 471 g/mol. The second-order valence-electron chi connectivity index (χ2n) is 8.37. The molecular formula is C26H25N5O4. The van der Waals surface area contributed by atoms with Crippen LogP contribution in [-0.4, -0.2) is 61.9 Å². The van der Waals surface area contributed by atoms with Gasteiger partial charge in [-0.15, -0.1) is 0 Å². The minimum atomic E-state index is -0.562. The number of rotatable bonds is 4. The molecule has 1 heterocycles. The summed E-state index contributed by atoms with van der Waals surface area (Å²) < 4.78 is 0. The number of imide groups is 1. The Kier molecular flexibility index (Phi) is 6.24. The van der Waals surface area contributed by atoms with Crippen molar-refractivity contribution in [3.8, 4) is 0 Å². The highest BCUT2D eigenvalue weighted by molar-refractivity contribution is 6.23. The highest BCUT2D eigenvalue weighted by Gasteiger charge is 2.35. The average Bonchev–Trinajstić information content (AvgIpc) is 3.13. The topological polar surface area (TPSA) is 93.3 Å². The maximum absolute atomic E-state index is 13.5. The largest absolute Gasteiger partial charge is 0.330 e. The molecule has 0 radical (unpaired) electrons. The summed E-state index contributed by atoms with van der Waals surface area (Å²) in [5.41, 5.74) is 1.87. The van der Waals surface area contributed by atoms with Crippen molar-refractivity contribution >= 4 is 46.6 Å². The van der Waals surface area contributed by atoms with Crippen LogP contribution in [0.25, 0.3) is 0 Å².